The summed E-state index contributed by atoms with van der Waals surface area (Å²) in [5, 5.41) is 7.94. The Balaban J connectivity index is 2.11. The van der Waals surface area contributed by atoms with E-state index >= 15 is 0 Å². The van der Waals surface area contributed by atoms with E-state index in [-0.39, 0.29) is 0 Å². The first kappa shape index (κ1) is 10.7. The van der Waals surface area contributed by atoms with E-state index in [1.54, 1.807) is 6.20 Å². The number of nitrogens with two attached hydrogens (primary N) is 1. The Morgan fingerprint density at radius 3 is 2.94 bits per heavy atom. The van der Waals surface area contributed by atoms with E-state index in [1.807, 2.05) is 28.8 Å². The second kappa shape index (κ2) is 4.10. The number of aromatic nitrogens is 4. The van der Waals surface area contributed by atoms with Gasteiger partial charge in [0, 0.05) is 6.20 Å². The molecule has 0 unspecified atom stereocenters. The molecule has 5 nitrogen and oxygen atoms in total. The van der Waals surface area contributed by atoms with E-state index in [2.05, 4.69) is 28.2 Å². The van der Waals surface area contributed by atoms with Crippen LogP contribution in [0.5, 0.6) is 0 Å². The Morgan fingerprint density at radius 1 is 1.28 bits per heavy atom. The summed E-state index contributed by atoms with van der Waals surface area (Å²) in [5.41, 5.74) is 9.93. The minimum Gasteiger partial charge on any atom is -0.369 e. The zero-order valence-corrected chi connectivity index (χ0v) is 10.0. The zero-order chi connectivity index (χ0) is 12.5. The summed E-state index contributed by atoms with van der Waals surface area (Å²) >= 11 is 0. The first-order chi connectivity index (χ1) is 8.74. The van der Waals surface area contributed by atoms with Crippen LogP contribution in [0.1, 0.15) is 11.3 Å². The molecule has 2 aromatic heterocycles. The predicted molar refractivity (Wildman–Crippen MR) is 70.0 cm³/mol. The highest BCUT2D eigenvalue weighted by atomic mass is 15.2. The molecular formula is C13H13N5. The third kappa shape index (κ3) is 1.79. The molecule has 2 heterocycles. The molecule has 0 saturated heterocycles. The van der Waals surface area contributed by atoms with Crippen LogP contribution in [0, 0.1) is 6.92 Å². The maximum atomic E-state index is 5.95. The molecule has 5 heteroatoms. The molecule has 0 saturated carbocycles. The number of anilines is 1. The number of nitrogen functional groups attached to an aromatic ring is 1. The van der Waals surface area contributed by atoms with E-state index < -0.39 is 0 Å². The highest BCUT2D eigenvalue weighted by Gasteiger charge is 2.09. The van der Waals surface area contributed by atoms with Crippen LogP contribution in [-0.2, 0) is 6.54 Å². The van der Waals surface area contributed by atoms with Gasteiger partial charge < -0.3 is 10.3 Å². The number of hydrogen-bond donors (Lipinski definition) is 1. The van der Waals surface area contributed by atoms with Crippen LogP contribution >= 0.6 is 0 Å². The molecule has 0 fully saturated rings. The van der Waals surface area contributed by atoms with Gasteiger partial charge in [-0.2, -0.15) is 10.2 Å². The lowest BCUT2D eigenvalue weighted by molar-refractivity contribution is 0.782. The summed E-state index contributed by atoms with van der Waals surface area (Å²) in [5.74, 6) is 0.501. The zero-order valence-electron chi connectivity index (χ0n) is 10.0. The lowest BCUT2D eigenvalue weighted by Crippen LogP contribution is -2.06. The third-order valence-electron chi connectivity index (χ3n) is 2.88. The standard InChI is InChI=1S/C13H13N5/c1-9-4-5-11-12(7-9)18(13(14)16-11)8-10-3-2-6-15-17-10/h2-7H,8H2,1H3,(H2,14,16). The van der Waals surface area contributed by atoms with E-state index in [4.69, 9.17) is 5.73 Å². The topological polar surface area (TPSA) is 69.6 Å². The molecule has 2 N–H and O–H groups in total. The first-order valence-corrected chi connectivity index (χ1v) is 5.73. The largest absolute Gasteiger partial charge is 0.369 e. The molecular weight excluding hydrogens is 226 g/mol. The SMILES string of the molecule is Cc1ccc2nc(N)n(Cc3cccnn3)c2c1. The van der Waals surface area contributed by atoms with Crippen LogP contribution in [0.2, 0.25) is 0 Å². The maximum Gasteiger partial charge on any atom is 0.201 e. The average Bonchev–Trinajstić information content (AvgIpc) is 2.67. The van der Waals surface area contributed by atoms with E-state index in [1.165, 1.54) is 5.56 Å². The number of imidazole rings is 1. The molecule has 90 valence electrons. The predicted octanol–water partition coefficient (Wildman–Crippen LogP) is 1.77. The molecule has 1 aromatic carbocycles. The Morgan fingerprint density at radius 2 is 2.17 bits per heavy atom. The highest BCUT2D eigenvalue weighted by Crippen LogP contribution is 2.20. The molecule has 0 spiro atoms. The number of hydrogen-bond acceptors (Lipinski definition) is 4. The van der Waals surface area contributed by atoms with E-state index in [0.29, 0.717) is 12.5 Å². The summed E-state index contributed by atoms with van der Waals surface area (Å²) in [4.78, 5) is 4.34. The molecule has 3 rings (SSSR count). The van der Waals surface area contributed by atoms with Gasteiger partial charge in [0.2, 0.25) is 5.95 Å². The lowest BCUT2D eigenvalue weighted by atomic mass is 10.2. The van der Waals surface area contributed by atoms with E-state index in [9.17, 15) is 0 Å². The molecule has 3 aromatic rings. The fourth-order valence-electron chi connectivity index (χ4n) is 2.00. The summed E-state index contributed by atoms with van der Waals surface area (Å²) in [6.45, 7) is 2.63. The van der Waals surface area contributed by atoms with Crippen molar-refractivity contribution in [3.05, 3.63) is 47.8 Å². The molecule has 0 aliphatic carbocycles. The average molecular weight is 239 g/mol. The monoisotopic (exact) mass is 239 g/mol. The molecule has 0 atom stereocenters. The molecule has 0 aliphatic heterocycles. The van der Waals surface area contributed by atoms with Gasteiger partial charge in [0.1, 0.15) is 0 Å². The van der Waals surface area contributed by atoms with Gasteiger partial charge in [-0.3, -0.25) is 0 Å². The molecule has 0 bridgehead atoms. The summed E-state index contributed by atoms with van der Waals surface area (Å²) in [6.07, 6.45) is 1.66. The van der Waals surface area contributed by atoms with Crippen molar-refractivity contribution in [1.82, 2.24) is 19.7 Å². The smallest absolute Gasteiger partial charge is 0.201 e. The van der Waals surface area contributed by atoms with Crippen molar-refractivity contribution in [3.8, 4) is 0 Å². The molecule has 0 amide bonds. The van der Waals surface area contributed by atoms with Gasteiger partial charge in [-0.25, -0.2) is 4.98 Å². The van der Waals surface area contributed by atoms with Gasteiger partial charge in [-0.1, -0.05) is 6.07 Å². The second-order valence-corrected chi connectivity index (χ2v) is 4.26. The fourth-order valence-corrected chi connectivity index (χ4v) is 2.00. The second-order valence-electron chi connectivity index (χ2n) is 4.26. The number of fused-ring (bicyclic) bond motifs is 1. The van der Waals surface area contributed by atoms with Gasteiger partial charge in [0.15, 0.2) is 0 Å². The van der Waals surface area contributed by atoms with Gasteiger partial charge in [-0.15, -0.1) is 0 Å². The normalized spacial score (nSPS) is 10.9. The van der Waals surface area contributed by atoms with Crippen LogP contribution in [0.4, 0.5) is 5.95 Å². The highest BCUT2D eigenvalue weighted by molar-refractivity contribution is 5.79. The van der Waals surface area contributed by atoms with Crippen LogP contribution < -0.4 is 5.73 Å². The van der Waals surface area contributed by atoms with E-state index in [0.717, 1.165) is 16.7 Å². The Kier molecular flexibility index (Phi) is 2.44. The summed E-state index contributed by atoms with van der Waals surface area (Å²) in [6, 6.07) is 9.88. The fraction of sp³-hybridized carbons (Fsp3) is 0.154. The quantitative estimate of drug-likeness (QED) is 0.739. The first-order valence-electron chi connectivity index (χ1n) is 5.73. The van der Waals surface area contributed by atoms with Gasteiger partial charge >= 0.3 is 0 Å². The molecule has 18 heavy (non-hydrogen) atoms. The number of nitrogens with zero attached hydrogens (tertiary/aromatic N) is 4. The van der Waals surface area contributed by atoms with Crippen molar-refractivity contribution in [2.45, 2.75) is 13.5 Å². The Bertz CT molecular complexity index is 687. The molecule has 0 radical (unpaired) electrons. The van der Waals surface area contributed by atoms with Crippen molar-refractivity contribution < 1.29 is 0 Å². The maximum absolute atomic E-state index is 5.95. The van der Waals surface area contributed by atoms with Gasteiger partial charge in [0.25, 0.3) is 0 Å². The van der Waals surface area contributed by atoms with Crippen molar-refractivity contribution in [2.24, 2.45) is 0 Å². The third-order valence-corrected chi connectivity index (χ3v) is 2.88. The van der Waals surface area contributed by atoms with Crippen molar-refractivity contribution in [1.29, 1.82) is 0 Å². The molecule has 0 aliphatic rings. The number of rotatable bonds is 2. The van der Waals surface area contributed by atoms with Crippen LogP contribution in [-0.4, -0.2) is 19.7 Å². The van der Waals surface area contributed by atoms with Crippen LogP contribution in [0.15, 0.2) is 36.5 Å². The van der Waals surface area contributed by atoms with Crippen molar-refractivity contribution in [2.75, 3.05) is 5.73 Å². The van der Waals surface area contributed by atoms with Crippen LogP contribution in [0.25, 0.3) is 11.0 Å². The summed E-state index contributed by atoms with van der Waals surface area (Å²) in [7, 11) is 0. The Hall–Kier alpha value is -2.43. The lowest BCUT2D eigenvalue weighted by Gasteiger charge is -2.05. The Labute approximate surface area is 104 Å². The minimum atomic E-state index is 0.501. The minimum absolute atomic E-state index is 0.501. The van der Waals surface area contributed by atoms with Crippen molar-refractivity contribution in [3.63, 3.8) is 0 Å². The van der Waals surface area contributed by atoms with Crippen molar-refractivity contribution >= 4 is 17.0 Å². The number of aryl methyl sites for hydroxylation is 1. The number of benzene rings is 1. The van der Waals surface area contributed by atoms with Crippen LogP contribution in [0.3, 0.4) is 0 Å². The van der Waals surface area contributed by atoms with Gasteiger partial charge in [-0.05, 0) is 36.8 Å². The van der Waals surface area contributed by atoms with Gasteiger partial charge in [0.05, 0.1) is 23.3 Å². The summed E-state index contributed by atoms with van der Waals surface area (Å²) < 4.78 is 1.95.